The molecule has 0 aliphatic carbocycles. The summed E-state index contributed by atoms with van der Waals surface area (Å²) in [6.45, 7) is 0.316. The van der Waals surface area contributed by atoms with Crippen LogP contribution in [0.3, 0.4) is 0 Å². The van der Waals surface area contributed by atoms with Gasteiger partial charge in [0, 0.05) is 23.3 Å². The van der Waals surface area contributed by atoms with Gasteiger partial charge in [-0.15, -0.1) is 10.2 Å². The molecule has 0 aliphatic rings. The number of fused-ring (bicyclic) bond motifs is 1. The van der Waals surface area contributed by atoms with E-state index in [-0.39, 0.29) is 11.6 Å². The molecular formula is C20H16ClN5O3. The average molecular weight is 410 g/mol. The summed E-state index contributed by atoms with van der Waals surface area (Å²) in [4.78, 5) is 15.2. The second-order valence-electron chi connectivity index (χ2n) is 6.16. The highest BCUT2D eigenvalue weighted by Crippen LogP contribution is 2.30. The zero-order valence-electron chi connectivity index (χ0n) is 15.1. The van der Waals surface area contributed by atoms with Crippen LogP contribution in [0.1, 0.15) is 16.1 Å². The summed E-state index contributed by atoms with van der Waals surface area (Å²) in [5, 5.41) is 12.9. The molecule has 0 radical (unpaired) electrons. The van der Waals surface area contributed by atoms with E-state index in [0.717, 1.165) is 16.6 Å². The lowest BCUT2D eigenvalue weighted by Crippen LogP contribution is -2.13. The number of pyridine rings is 1. The van der Waals surface area contributed by atoms with Crippen LogP contribution in [0.2, 0.25) is 5.02 Å². The van der Waals surface area contributed by atoms with Gasteiger partial charge in [0.05, 0.1) is 18.3 Å². The zero-order valence-corrected chi connectivity index (χ0v) is 15.9. The van der Waals surface area contributed by atoms with Crippen LogP contribution in [0.4, 0.5) is 11.5 Å². The fourth-order valence-corrected chi connectivity index (χ4v) is 2.87. The number of primary amides is 1. The van der Waals surface area contributed by atoms with Crippen LogP contribution in [0.15, 0.2) is 59.3 Å². The Morgan fingerprint density at radius 2 is 2.00 bits per heavy atom. The van der Waals surface area contributed by atoms with Crippen LogP contribution in [0.5, 0.6) is 5.88 Å². The molecular weight excluding hydrogens is 394 g/mol. The van der Waals surface area contributed by atoms with Crippen LogP contribution >= 0.6 is 11.6 Å². The summed E-state index contributed by atoms with van der Waals surface area (Å²) in [5.41, 5.74) is 7.66. The lowest BCUT2D eigenvalue weighted by Gasteiger charge is -2.09. The number of nitrogens with zero attached hydrogens (tertiary/aromatic N) is 3. The number of furan rings is 1. The van der Waals surface area contributed by atoms with Crippen molar-refractivity contribution in [3.05, 3.63) is 71.2 Å². The van der Waals surface area contributed by atoms with Crippen LogP contribution in [0, 0.1) is 0 Å². The quantitative estimate of drug-likeness (QED) is 0.477. The van der Waals surface area contributed by atoms with E-state index in [2.05, 4.69) is 20.5 Å². The second kappa shape index (κ2) is 8.15. The number of hydrogen-bond donors (Lipinski definition) is 2. The van der Waals surface area contributed by atoms with Gasteiger partial charge in [-0.25, -0.2) is 0 Å². The Morgan fingerprint density at radius 1 is 1.17 bits per heavy atom. The average Bonchev–Trinajstić information content (AvgIpc) is 3.22. The van der Waals surface area contributed by atoms with Gasteiger partial charge in [0.15, 0.2) is 5.82 Å². The molecule has 0 unspecified atom stereocenters. The molecule has 0 saturated carbocycles. The number of nitrogens with two attached hydrogens (primary N) is 1. The smallest absolute Gasteiger partial charge is 0.277 e. The number of anilines is 2. The number of amides is 1. The first kappa shape index (κ1) is 18.7. The second-order valence-corrected chi connectivity index (χ2v) is 6.60. The molecule has 4 rings (SSSR count). The van der Waals surface area contributed by atoms with Crippen molar-refractivity contribution in [2.24, 2.45) is 5.73 Å². The van der Waals surface area contributed by atoms with E-state index in [1.54, 1.807) is 36.6 Å². The maximum Gasteiger partial charge on any atom is 0.277 e. The van der Waals surface area contributed by atoms with Gasteiger partial charge in [0.2, 0.25) is 5.58 Å². The Kier molecular flexibility index (Phi) is 5.26. The van der Waals surface area contributed by atoms with E-state index in [1.807, 2.05) is 12.1 Å². The van der Waals surface area contributed by atoms with Crippen LogP contribution < -0.4 is 15.8 Å². The van der Waals surface area contributed by atoms with Gasteiger partial charge in [-0.1, -0.05) is 11.6 Å². The van der Waals surface area contributed by atoms with Crippen molar-refractivity contribution in [1.82, 2.24) is 15.2 Å². The molecule has 3 heterocycles. The normalized spacial score (nSPS) is 10.8. The number of hydrogen-bond acceptors (Lipinski definition) is 7. The highest BCUT2D eigenvalue weighted by Gasteiger charge is 2.14. The number of rotatable bonds is 7. The first-order valence-electron chi connectivity index (χ1n) is 8.74. The van der Waals surface area contributed by atoms with Crippen molar-refractivity contribution in [1.29, 1.82) is 0 Å². The summed E-state index contributed by atoms with van der Waals surface area (Å²) in [6, 6.07) is 12.5. The minimum Gasteiger partial charge on any atom is -0.474 e. The zero-order chi connectivity index (χ0) is 20.2. The summed E-state index contributed by atoms with van der Waals surface area (Å²) in [7, 11) is 0. The Hall–Kier alpha value is -3.65. The van der Waals surface area contributed by atoms with Crippen molar-refractivity contribution < 1.29 is 13.9 Å². The molecule has 0 fully saturated rings. The molecule has 4 aromatic rings. The third-order valence-corrected chi connectivity index (χ3v) is 4.42. The van der Waals surface area contributed by atoms with Gasteiger partial charge in [0.25, 0.3) is 11.8 Å². The minimum atomic E-state index is -0.570. The molecule has 0 saturated heterocycles. The number of carbonyl (C=O) groups is 1. The molecule has 8 nitrogen and oxygen atoms in total. The van der Waals surface area contributed by atoms with Crippen molar-refractivity contribution >= 4 is 40.0 Å². The maximum absolute atomic E-state index is 11.2. The van der Waals surface area contributed by atoms with Gasteiger partial charge >= 0.3 is 0 Å². The van der Waals surface area contributed by atoms with E-state index in [1.165, 1.54) is 6.20 Å². The van der Waals surface area contributed by atoms with E-state index < -0.39 is 5.91 Å². The summed E-state index contributed by atoms with van der Waals surface area (Å²) >= 11 is 5.92. The molecule has 1 amide bonds. The summed E-state index contributed by atoms with van der Waals surface area (Å²) in [6.07, 6.45) is 3.63. The lowest BCUT2D eigenvalue weighted by atomic mass is 10.2. The largest absolute Gasteiger partial charge is 0.474 e. The highest BCUT2D eigenvalue weighted by molar-refractivity contribution is 6.30. The van der Waals surface area contributed by atoms with Crippen molar-refractivity contribution in [2.75, 3.05) is 11.9 Å². The Balaban J connectivity index is 1.47. The summed E-state index contributed by atoms with van der Waals surface area (Å²) in [5.74, 6) is 0.263. The van der Waals surface area contributed by atoms with Crippen molar-refractivity contribution in [3.8, 4) is 5.88 Å². The number of ether oxygens (including phenoxy) is 1. The molecule has 9 heteroatoms. The van der Waals surface area contributed by atoms with E-state index in [9.17, 15) is 4.79 Å². The van der Waals surface area contributed by atoms with Crippen LogP contribution in [0.25, 0.3) is 11.0 Å². The molecule has 3 N–H and O–H groups in total. The maximum atomic E-state index is 11.2. The van der Waals surface area contributed by atoms with Crippen molar-refractivity contribution in [2.45, 2.75) is 6.42 Å². The number of nitrogens with one attached hydrogen (secondary N) is 1. The molecule has 0 aliphatic heterocycles. The number of benzene rings is 1. The lowest BCUT2D eigenvalue weighted by molar-refractivity contribution is 0.0995. The number of carbonyl (C=O) groups excluding carboxylic acids is 1. The third kappa shape index (κ3) is 4.27. The first-order chi connectivity index (χ1) is 14.1. The number of aromatic nitrogens is 3. The Bertz CT molecular complexity index is 1160. The Labute approximate surface area is 170 Å². The van der Waals surface area contributed by atoms with E-state index in [4.69, 9.17) is 26.5 Å². The SMILES string of the molecule is NC(=O)c1cc(CCOc2nnc(Nc3ccc(Cl)cc3)c3ccoc23)ccn1. The standard InChI is InChI=1S/C20H16ClN5O3/c21-13-1-3-14(4-2-13)24-19-15-7-10-28-17(15)20(26-25-19)29-9-6-12-5-8-23-16(11-12)18(22)27/h1-5,7-8,10-11H,6,9H2,(H2,22,27)(H,24,25). The predicted molar refractivity (Wildman–Crippen MR) is 108 cm³/mol. The predicted octanol–water partition coefficient (Wildman–Crippen LogP) is 3.74. The third-order valence-electron chi connectivity index (χ3n) is 4.17. The van der Waals surface area contributed by atoms with Gasteiger partial charge < -0.3 is 20.2 Å². The number of halogens is 1. The summed E-state index contributed by atoms with van der Waals surface area (Å²) < 4.78 is 11.3. The molecule has 29 heavy (non-hydrogen) atoms. The molecule has 1 aromatic carbocycles. The highest BCUT2D eigenvalue weighted by atomic mass is 35.5. The molecule has 0 bridgehead atoms. The minimum absolute atomic E-state index is 0.216. The van der Waals surface area contributed by atoms with Gasteiger partial charge in [-0.3, -0.25) is 9.78 Å². The van der Waals surface area contributed by atoms with Crippen LogP contribution in [-0.4, -0.2) is 27.7 Å². The van der Waals surface area contributed by atoms with Crippen molar-refractivity contribution in [3.63, 3.8) is 0 Å². The van der Waals surface area contributed by atoms with Gasteiger partial charge in [0.1, 0.15) is 5.69 Å². The monoisotopic (exact) mass is 409 g/mol. The van der Waals surface area contributed by atoms with Gasteiger partial charge in [-0.2, -0.15) is 0 Å². The molecule has 0 atom stereocenters. The van der Waals surface area contributed by atoms with E-state index >= 15 is 0 Å². The fourth-order valence-electron chi connectivity index (χ4n) is 2.74. The fraction of sp³-hybridized carbons (Fsp3) is 0.100. The molecule has 3 aromatic heterocycles. The topological polar surface area (TPSA) is 116 Å². The van der Waals surface area contributed by atoms with Crippen LogP contribution in [-0.2, 0) is 6.42 Å². The van der Waals surface area contributed by atoms with Gasteiger partial charge in [-0.05, 0) is 48.0 Å². The Morgan fingerprint density at radius 3 is 2.79 bits per heavy atom. The molecule has 0 spiro atoms. The molecule has 146 valence electrons. The van der Waals surface area contributed by atoms with E-state index in [0.29, 0.717) is 29.5 Å². The first-order valence-corrected chi connectivity index (χ1v) is 9.12.